The zero-order chi connectivity index (χ0) is 16.2. The Morgan fingerprint density at radius 3 is 2.87 bits per heavy atom. The van der Waals surface area contributed by atoms with Gasteiger partial charge in [0.05, 0.1) is 23.9 Å². The molecule has 0 radical (unpaired) electrons. The highest BCUT2D eigenvalue weighted by molar-refractivity contribution is 7.99. The van der Waals surface area contributed by atoms with Crippen molar-refractivity contribution >= 4 is 34.5 Å². The first kappa shape index (κ1) is 16.1. The summed E-state index contributed by atoms with van der Waals surface area (Å²) in [6.45, 7) is 4.93. The summed E-state index contributed by atoms with van der Waals surface area (Å²) in [6.07, 6.45) is 5.58. The lowest BCUT2D eigenvalue weighted by molar-refractivity contribution is 0.0527. The Morgan fingerprint density at radius 2 is 2.17 bits per heavy atom. The normalized spacial score (nSPS) is 15.7. The summed E-state index contributed by atoms with van der Waals surface area (Å²) < 4.78 is 7.03. The number of nitrogens with zero attached hydrogens (tertiary/aromatic N) is 3. The zero-order valence-corrected chi connectivity index (χ0v) is 14.4. The van der Waals surface area contributed by atoms with Crippen molar-refractivity contribution in [3.63, 3.8) is 0 Å². The summed E-state index contributed by atoms with van der Waals surface area (Å²) in [6, 6.07) is 0.375. The standard InChI is InChI=1S/C16H22N4O2S/c1-3-20-15-12(10-18-20)14(19-11-5-7-23-8-6-11)13(9-17-15)16(21)22-4-2/h9-11H,3-8H2,1-2H3,(H,17,19). The molecule has 0 saturated carbocycles. The smallest absolute Gasteiger partial charge is 0.341 e. The van der Waals surface area contributed by atoms with Crippen molar-refractivity contribution in [2.45, 2.75) is 39.3 Å². The van der Waals surface area contributed by atoms with Crippen LogP contribution in [0.5, 0.6) is 0 Å². The number of rotatable bonds is 5. The van der Waals surface area contributed by atoms with Crippen molar-refractivity contribution in [2.24, 2.45) is 0 Å². The van der Waals surface area contributed by atoms with Gasteiger partial charge in [0.1, 0.15) is 5.56 Å². The number of pyridine rings is 1. The first-order valence-corrected chi connectivity index (χ1v) is 9.26. The number of ether oxygens (including phenoxy) is 1. The van der Waals surface area contributed by atoms with Crippen molar-refractivity contribution < 1.29 is 9.53 Å². The maximum absolute atomic E-state index is 12.3. The number of thioether (sulfide) groups is 1. The Balaban J connectivity index is 2.02. The summed E-state index contributed by atoms with van der Waals surface area (Å²) in [5.74, 6) is 1.96. The van der Waals surface area contributed by atoms with Gasteiger partial charge in [0.15, 0.2) is 5.65 Å². The molecule has 1 fully saturated rings. The molecule has 0 atom stereocenters. The number of fused-ring (bicyclic) bond motifs is 1. The van der Waals surface area contributed by atoms with Crippen LogP contribution in [0.2, 0.25) is 0 Å². The number of nitrogens with one attached hydrogen (secondary N) is 1. The molecule has 3 heterocycles. The van der Waals surface area contributed by atoms with E-state index >= 15 is 0 Å². The summed E-state index contributed by atoms with van der Waals surface area (Å²) in [5.41, 5.74) is 2.10. The van der Waals surface area contributed by atoms with Crippen LogP contribution in [0.4, 0.5) is 5.69 Å². The molecule has 2 aromatic heterocycles. The van der Waals surface area contributed by atoms with E-state index in [9.17, 15) is 4.79 Å². The summed E-state index contributed by atoms with van der Waals surface area (Å²) in [7, 11) is 0. The maximum atomic E-state index is 12.3. The lowest BCUT2D eigenvalue weighted by Gasteiger charge is -2.25. The van der Waals surface area contributed by atoms with Gasteiger partial charge in [0.2, 0.25) is 0 Å². The van der Waals surface area contributed by atoms with Crippen molar-refractivity contribution in [2.75, 3.05) is 23.4 Å². The van der Waals surface area contributed by atoms with Gasteiger partial charge in [-0.1, -0.05) is 0 Å². The lowest BCUT2D eigenvalue weighted by Crippen LogP contribution is -2.26. The van der Waals surface area contributed by atoms with Crippen LogP contribution in [0.1, 0.15) is 37.0 Å². The van der Waals surface area contributed by atoms with Gasteiger partial charge >= 0.3 is 5.97 Å². The molecule has 3 rings (SSSR count). The van der Waals surface area contributed by atoms with Gasteiger partial charge in [0.25, 0.3) is 0 Å². The topological polar surface area (TPSA) is 69.0 Å². The highest BCUT2D eigenvalue weighted by atomic mass is 32.2. The third-order valence-electron chi connectivity index (χ3n) is 4.03. The maximum Gasteiger partial charge on any atom is 0.341 e. The third kappa shape index (κ3) is 3.29. The number of hydrogen-bond acceptors (Lipinski definition) is 6. The van der Waals surface area contributed by atoms with Crippen molar-refractivity contribution in [3.05, 3.63) is 18.0 Å². The number of carbonyl (C=O) groups excluding carboxylic acids is 1. The highest BCUT2D eigenvalue weighted by Gasteiger charge is 2.22. The largest absolute Gasteiger partial charge is 0.462 e. The first-order chi connectivity index (χ1) is 11.2. The minimum atomic E-state index is -0.334. The minimum absolute atomic E-state index is 0.334. The number of aryl methyl sites for hydroxylation is 1. The summed E-state index contributed by atoms with van der Waals surface area (Å²) in [5, 5.41) is 8.82. The van der Waals surface area contributed by atoms with E-state index in [4.69, 9.17) is 4.74 Å². The molecular formula is C16H22N4O2S. The average Bonchev–Trinajstić information content (AvgIpc) is 3.00. The van der Waals surface area contributed by atoms with Crippen LogP contribution in [-0.2, 0) is 11.3 Å². The Kier molecular flexibility index (Phi) is 5.05. The van der Waals surface area contributed by atoms with Gasteiger partial charge in [-0.25, -0.2) is 14.5 Å². The Hall–Kier alpha value is -1.76. The van der Waals surface area contributed by atoms with E-state index in [1.165, 1.54) is 0 Å². The molecule has 1 N–H and O–H groups in total. The van der Waals surface area contributed by atoms with E-state index in [1.807, 2.05) is 30.3 Å². The molecule has 2 aromatic rings. The van der Waals surface area contributed by atoms with Gasteiger partial charge < -0.3 is 10.1 Å². The predicted octanol–water partition coefficient (Wildman–Crippen LogP) is 2.94. The lowest BCUT2D eigenvalue weighted by atomic mass is 10.1. The SMILES string of the molecule is CCOC(=O)c1cnc2c(cnn2CC)c1NC1CCSCC1. The van der Waals surface area contributed by atoms with Crippen LogP contribution in [-0.4, -0.2) is 44.9 Å². The molecule has 0 unspecified atom stereocenters. The van der Waals surface area contributed by atoms with Crippen LogP contribution < -0.4 is 5.32 Å². The van der Waals surface area contributed by atoms with E-state index in [2.05, 4.69) is 15.4 Å². The monoisotopic (exact) mass is 334 g/mol. The molecule has 1 aliphatic heterocycles. The van der Waals surface area contributed by atoms with Crippen LogP contribution in [0.3, 0.4) is 0 Å². The number of esters is 1. The average molecular weight is 334 g/mol. The van der Waals surface area contributed by atoms with Gasteiger partial charge in [-0.15, -0.1) is 0 Å². The third-order valence-corrected chi connectivity index (χ3v) is 5.08. The molecule has 1 saturated heterocycles. The van der Waals surface area contributed by atoms with Crippen LogP contribution in [0.25, 0.3) is 11.0 Å². The van der Waals surface area contributed by atoms with Crippen LogP contribution in [0.15, 0.2) is 12.4 Å². The van der Waals surface area contributed by atoms with Crippen molar-refractivity contribution in [1.29, 1.82) is 0 Å². The molecule has 1 aliphatic rings. The zero-order valence-electron chi connectivity index (χ0n) is 13.5. The summed E-state index contributed by atoms with van der Waals surface area (Å²) >= 11 is 1.98. The molecule has 6 nitrogen and oxygen atoms in total. The fraction of sp³-hybridized carbons (Fsp3) is 0.562. The van der Waals surface area contributed by atoms with Gasteiger partial charge in [-0.05, 0) is 38.2 Å². The van der Waals surface area contributed by atoms with E-state index in [1.54, 1.807) is 12.4 Å². The number of carbonyl (C=O) groups is 1. The highest BCUT2D eigenvalue weighted by Crippen LogP contribution is 2.29. The summed E-state index contributed by atoms with van der Waals surface area (Å²) in [4.78, 5) is 16.7. The second-order valence-electron chi connectivity index (χ2n) is 5.50. The Labute approximate surface area is 140 Å². The van der Waals surface area contributed by atoms with E-state index in [-0.39, 0.29) is 5.97 Å². The minimum Gasteiger partial charge on any atom is -0.462 e. The van der Waals surface area contributed by atoms with Gasteiger partial charge in [-0.3, -0.25) is 0 Å². The molecule has 124 valence electrons. The molecule has 0 aromatic carbocycles. The molecule has 0 amide bonds. The van der Waals surface area contributed by atoms with E-state index in [0.717, 1.165) is 47.6 Å². The molecule has 0 bridgehead atoms. The van der Waals surface area contributed by atoms with E-state index in [0.29, 0.717) is 18.2 Å². The van der Waals surface area contributed by atoms with Crippen molar-refractivity contribution in [1.82, 2.24) is 14.8 Å². The second-order valence-corrected chi connectivity index (χ2v) is 6.72. The Morgan fingerprint density at radius 1 is 1.39 bits per heavy atom. The molecule has 0 spiro atoms. The molecule has 23 heavy (non-hydrogen) atoms. The molecular weight excluding hydrogens is 312 g/mol. The fourth-order valence-electron chi connectivity index (χ4n) is 2.82. The molecule has 0 aliphatic carbocycles. The number of aromatic nitrogens is 3. The van der Waals surface area contributed by atoms with Crippen molar-refractivity contribution in [3.8, 4) is 0 Å². The van der Waals surface area contributed by atoms with Crippen LogP contribution in [0, 0.1) is 0 Å². The fourth-order valence-corrected chi connectivity index (χ4v) is 3.93. The number of anilines is 1. The van der Waals surface area contributed by atoms with E-state index < -0.39 is 0 Å². The quantitative estimate of drug-likeness (QED) is 0.848. The van der Waals surface area contributed by atoms with Crippen LogP contribution >= 0.6 is 11.8 Å². The predicted molar refractivity (Wildman–Crippen MR) is 93.1 cm³/mol. The van der Waals surface area contributed by atoms with Gasteiger partial charge in [0, 0.05) is 18.8 Å². The first-order valence-electron chi connectivity index (χ1n) is 8.10. The number of hydrogen-bond donors (Lipinski definition) is 1. The second kappa shape index (κ2) is 7.21. The Bertz CT molecular complexity index is 695. The molecule has 7 heteroatoms. The van der Waals surface area contributed by atoms with Gasteiger partial charge in [-0.2, -0.15) is 16.9 Å².